The zero-order valence-electron chi connectivity index (χ0n) is 9.46. The molecule has 0 aromatic carbocycles. The molecule has 0 aliphatic carbocycles. The number of nitrogens with zero attached hydrogens (tertiary/aromatic N) is 4. The molecule has 0 N–H and O–H groups in total. The molecule has 0 bridgehead atoms. The van der Waals surface area contributed by atoms with Crippen LogP contribution in [0.2, 0.25) is 0 Å². The van der Waals surface area contributed by atoms with Crippen LogP contribution in [0.15, 0.2) is 23.0 Å². The van der Waals surface area contributed by atoms with Crippen LogP contribution in [0.3, 0.4) is 0 Å². The Balaban J connectivity index is 1.94. The summed E-state index contributed by atoms with van der Waals surface area (Å²) in [4.78, 5) is 10.4. The Labute approximate surface area is 98.2 Å². The van der Waals surface area contributed by atoms with Crippen LogP contribution in [0, 0.1) is 0 Å². The van der Waals surface area contributed by atoms with Gasteiger partial charge in [-0.05, 0) is 6.42 Å². The molecule has 1 fully saturated rings. The highest BCUT2D eigenvalue weighted by Gasteiger charge is 2.21. The molecular weight excluding hydrogens is 220 g/mol. The normalized spacial score (nSPS) is 14.5. The van der Waals surface area contributed by atoms with Gasteiger partial charge < -0.3 is 14.2 Å². The molecule has 0 unspecified atom stereocenters. The monoisotopic (exact) mass is 232 g/mol. The van der Waals surface area contributed by atoms with Crippen LogP contribution in [0.5, 0.6) is 5.88 Å². The quantitative estimate of drug-likeness (QED) is 0.796. The summed E-state index contributed by atoms with van der Waals surface area (Å²) in [6, 6.07) is 1.87. The second-order valence-electron chi connectivity index (χ2n) is 3.81. The van der Waals surface area contributed by atoms with E-state index in [0.717, 1.165) is 19.0 Å². The predicted octanol–water partition coefficient (Wildman–Crippen LogP) is 1.35. The lowest BCUT2D eigenvalue weighted by Crippen LogP contribution is -2.36. The smallest absolute Gasteiger partial charge is 0.242 e. The van der Waals surface area contributed by atoms with E-state index in [-0.39, 0.29) is 0 Å². The van der Waals surface area contributed by atoms with Crippen molar-refractivity contribution in [2.75, 3.05) is 25.1 Å². The van der Waals surface area contributed by atoms with E-state index in [9.17, 15) is 0 Å². The van der Waals surface area contributed by atoms with E-state index >= 15 is 0 Å². The average Bonchev–Trinajstić information content (AvgIpc) is 2.76. The zero-order chi connectivity index (χ0) is 11.7. The van der Waals surface area contributed by atoms with Gasteiger partial charge in [-0.2, -0.15) is 0 Å². The standard InChI is InChI=1S/C11H12N4O2/c1-16-11-10(12-3-4-13-11)8-7-9(17-14-8)15-5-2-6-15/h3-4,7H,2,5-6H2,1H3. The minimum Gasteiger partial charge on any atom is -0.479 e. The van der Waals surface area contributed by atoms with Gasteiger partial charge in [0, 0.05) is 31.5 Å². The Morgan fingerprint density at radius 1 is 1.29 bits per heavy atom. The van der Waals surface area contributed by atoms with Crippen LogP contribution >= 0.6 is 0 Å². The van der Waals surface area contributed by atoms with E-state index in [0.29, 0.717) is 17.3 Å². The molecular formula is C11H12N4O2. The summed E-state index contributed by atoms with van der Waals surface area (Å²) in [7, 11) is 1.56. The number of hydrogen-bond donors (Lipinski definition) is 0. The van der Waals surface area contributed by atoms with Gasteiger partial charge in [-0.25, -0.2) is 9.97 Å². The Morgan fingerprint density at radius 2 is 2.12 bits per heavy atom. The summed E-state index contributed by atoms with van der Waals surface area (Å²) in [5, 5.41) is 4.00. The van der Waals surface area contributed by atoms with Crippen molar-refractivity contribution in [3.8, 4) is 17.3 Å². The highest BCUT2D eigenvalue weighted by molar-refractivity contribution is 5.62. The number of methoxy groups -OCH3 is 1. The molecule has 0 saturated carbocycles. The maximum Gasteiger partial charge on any atom is 0.242 e. The van der Waals surface area contributed by atoms with Crippen LogP contribution in [0.1, 0.15) is 6.42 Å². The average molecular weight is 232 g/mol. The number of aromatic nitrogens is 3. The molecule has 88 valence electrons. The van der Waals surface area contributed by atoms with Crippen molar-refractivity contribution < 1.29 is 9.26 Å². The van der Waals surface area contributed by atoms with E-state index in [1.807, 2.05) is 6.07 Å². The Kier molecular flexibility index (Phi) is 2.40. The molecule has 6 heteroatoms. The van der Waals surface area contributed by atoms with E-state index in [2.05, 4.69) is 20.0 Å². The summed E-state index contributed by atoms with van der Waals surface area (Å²) < 4.78 is 10.4. The van der Waals surface area contributed by atoms with Gasteiger partial charge in [-0.1, -0.05) is 5.16 Å². The lowest BCUT2D eigenvalue weighted by molar-refractivity contribution is 0.392. The van der Waals surface area contributed by atoms with E-state index in [4.69, 9.17) is 9.26 Å². The Hall–Kier alpha value is -2.11. The third-order valence-corrected chi connectivity index (χ3v) is 2.77. The van der Waals surface area contributed by atoms with Gasteiger partial charge >= 0.3 is 0 Å². The van der Waals surface area contributed by atoms with Crippen LogP contribution in [0.25, 0.3) is 11.4 Å². The molecule has 1 aliphatic heterocycles. The van der Waals surface area contributed by atoms with E-state index in [1.165, 1.54) is 6.42 Å². The van der Waals surface area contributed by atoms with Crippen molar-refractivity contribution >= 4 is 5.88 Å². The Bertz CT molecular complexity index is 522. The van der Waals surface area contributed by atoms with Crippen LogP contribution in [-0.2, 0) is 0 Å². The first-order valence-corrected chi connectivity index (χ1v) is 5.45. The van der Waals surface area contributed by atoms with Crippen LogP contribution in [0.4, 0.5) is 5.88 Å². The molecule has 17 heavy (non-hydrogen) atoms. The van der Waals surface area contributed by atoms with Crippen LogP contribution < -0.4 is 9.64 Å². The van der Waals surface area contributed by atoms with Crippen molar-refractivity contribution in [1.82, 2.24) is 15.1 Å². The first kappa shape index (κ1) is 10.1. The van der Waals surface area contributed by atoms with Crippen molar-refractivity contribution in [2.45, 2.75) is 6.42 Å². The third kappa shape index (κ3) is 1.71. The Morgan fingerprint density at radius 3 is 2.82 bits per heavy atom. The lowest BCUT2D eigenvalue weighted by atomic mass is 10.2. The number of rotatable bonds is 3. The van der Waals surface area contributed by atoms with Crippen molar-refractivity contribution in [3.63, 3.8) is 0 Å². The minimum atomic E-state index is 0.455. The second kappa shape index (κ2) is 4.04. The predicted molar refractivity (Wildman–Crippen MR) is 60.9 cm³/mol. The second-order valence-corrected chi connectivity index (χ2v) is 3.81. The molecule has 2 aromatic heterocycles. The number of anilines is 1. The summed E-state index contributed by atoms with van der Waals surface area (Å²) >= 11 is 0. The van der Waals surface area contributed by atoms with Gasteiger partial charge in [-0.3, -0.25) is 0 Å². The molecule has 0 amide bonds. The first-order valence-electron chi connectivity index (χ1n) is 5.45. The maximum atomic E-state index is 5.28. The largest absolute Gasteiger partial charge is 0.479 e. The molecule has 1 saturated heterocycles. The lowest BCUT2D eigenvalue weighted by Gasteiger charge is -2.29. The van der Waals surface area contributed by atoms with E-state index < -0.39 is 0 Å². The molecule has 0 radical (unpaired) electrons. The zero-order valence-corrected chi connectivity index (χ0v) is 9.46. The first-order chi connectivity index (χ1) is 8.38. The van der Waals surface area contributed by atoms with Gasteiger partial charge in [0.25, 0.3) is 0 Å². The summed E-state index contributed by atoms with van der Waals surface area (Å²) in [6.45, 7) is 2.04. The number of hydrogen-bond acceptors (Lipinski definition) is 6. The highest BCUT2D eigenvalue weighted by Crippen LogP contribution is 2.29. The van der Waals surface area contributed by atoms with Gasteiger partial charge in [-0.15, -0.1) is 0 Å². The SMILES string of the molecule is COc1nccnc1-c1cc(N2CCC2)on1. The fourth-order valence-corrected chi connectivity index (χ4v) is 1.71. The molecule has 0 spiro atoms. The van der Waals surface area contributed by atoms with Gasteiger partial charge in [0.05, 0.1) is 7.11 Å². The van der Waals surface area contributed by atoms with Crippen molar-refractivity contribution in [2.24, 2.45) is 0 Å². The fraction of sp³-hybridized carbons (Fsp3) is 0.364. The van der Waals surface area contributed by atoms with Gasteiger partial charge in [0.15, 0.2) is 5.69 Å². The van der Waals surface area contributed by atoms with Gasteiger partial charge in [0.1, 0.15) is 5.69 Å². The van der Waals surface area contributed by atoms with E-state index in [1.54, 1.807) is 19.5 Å². The topological polar surface area (TPSA) is 64.3 Å². The minimum absolute atomic E-state index is 0.455. The summed E-state index contributed by atoms with van der Waals surface area (Å²) in [5.74, 6) is 1.23. The molecule has 6 nitrogen and oxygen atoms in total. The molecule has 1 aliphatic rings. The number of ether oxygens (including phenoxy) is 1. The molecule has 2 aromatic rings. The third-order valence-electron chi connectivity index (χ3n) is 2.77. The highest BCUT2D eigenvalue weighted by atomic mass is 16.5. The molecule has 0 atom stereocenters. The van der Waals surface area contributed by atoms with Crippen molar-refractivity contribution in [3.05, 3.63) is 18.5 Å². The maximum absolute atomic E-state index is 5.28. The van der Waals surface area contributed by atoms with Gasteiger partial charge in [0.2, 0.25) is 11.8 Å². The van der Waals surface area contributed by atoms with Crippen molar-refractivity contribution in [1.29, 1.82) is 0 Å². The van der Waals surface area contributed by atoms with Crippen LogP contribution in [-0.4, -0.2) is 35.3 Å². The summed E-state index contributed by atoms with van der Waals surface area (Å²) in [5.41, 5.74) is 1.25. The molecule has 3 rings (SSSR count). The molecule has 3 heterocycles. The fourth-order valence-electron chi connectivity index (χ4n) is 1.71. The summed E-state index contributed by atoms with van der Waals surface area (Å²) in [6.07, 6.45) is 4.39.